The van der Waals surface area contributed by atoms with Gasteiger partial charge in [0.2, 0.25) is 6.79 Å². The minimum atomic E-state index is -0.525. The molecule has 1 fully saturated rings. The number of esters is 1. The Balaban J connectivity index is 1.26. The molecule has 0 spiro atoms. The molecule has 0 amide bonds. The van der Waals surface area contributed by atoms with Crippen LogP contribution in [0.15, 0.2) is 51.7 Å². The highest BCUT2D eigenvalue weighted by Gasteiger charge is 2.25. The molecule has 1 aliphatic carbocycles. The predicted octanol–water partition coefficient (Wildman–Crippen LogP) is 4.07. The first kappa shape index (κ1) is 21.5. The summed E-state index contributed by atoms with van der Waals surface area (Å²) in [6.07, 6.45) is 3.65. The van der Waals surface area contributed by atoms with Gasteiger partial charge >= 0.3 is 11.6 Å². The molecule has 5 rings (SSSR count). The maximum Gasteiger partial charge on any atom is 0.336 e. The van der Waals surface area contributed by atoms with Crippen LogP contribution in [0, 0.1) is 5.92 Å². The van der Waals surface area contributed by atoms with Crippen LogP contribution >= 0.6 is 0 Å². The van der Waals surface area contributed by atoms with Gasteiger partial charge in [0.25, 0.3) is 0 Å². The fourth-order valence-corrected chi connectivity index (χ4v) is 4.65. The van der Waals surface area contributed by atoms with Gasteiger partial charge in [-0.1, -0.05) is 30.7 Å². The van der Waals surface area contributed by atoms with E-state index in [2.05, 4.69) is 0 Å². The largest absolute Gasteiger partial charge is 0.460 e. The van der Waals surface area contributed by atoms with Gasteiger partial charge in [0.15, 0.2) is 11.5 Å². The normalized spacial score (nSPS) is 20.2. The fourth-order valence-electron chi connectivity index (χ4n) is 4.65. The summed E-state index contributed by atoms with van der Waals surface area (Å²) >= 11 is 0. The maximum absolute atomic E-state index is 12.7. The summed E-state index contributed by atoms with van der Waals surface area (Å²) in [5.41, 5.74) is 2.39. The van der Waals surface area contributed by atoms with E-state index in [1.165, 1.54) is 6.07 Å². The topological polar surface area (TPSA) is 95.2 Å². The standard InChI is InChI=1S/C26H26O7/c1-15(17-7-5-16(6-8-17)9-18-3-2-4-21(18)27)26(29)30-13-19-10-25(28)33-22-12-24-23(11-20(19)22)31-14-32-24/h5-8,10-12,15,18,21,27H,2-4,9,13-14H2,1H3/t15?,18-,21+/m0/s1. The summed E-state index contributed by atoms with van der Waals surface area (Å²) in [6.45, 7) is 1.86. The van der Waals surface area contributed by atoms with Gasteiger partial charge in [-0.3, -0.25) is 4.79 Å². The van der Waals surface area contributed by atoms with Gasteiger partial charge in [-0.2, -0.15) is 0 Å². The average molecular weight is 450 g/mol. The summed E-state index contributed by atoms with van der Waals surface area (Å²) in [6, 6.07) is 12.6. The SMILES string of the molecule is CC(C(=O)OCc1cc(=O)oc2cc3c(cc12)OCO3)c1ccc(C[C@@H]2CCC[C@H]2O)cc1. The third-order valence-corrected chi connectivity index (χ3v) is 6.64. The van der Waals surface area contributed by atoms with Gasteiger partial charge in [-0.25, -0.2) is 4.79 Å². The quantitative estimate of drug-likeness (QED) is 0.447. The number of benzene rings is 2. The molecule has 7 nitrogen and oxygen atoms in total. The molecule has 0 saturated heterocycles. The molecule has 33 heavy (non-hydrogen) atoms. The number of fused-ring (bicyclic) bond motifs is 2. The second-order valence-corrected chi connectivity index (χ2v) is 8.83. The fraction of sp³-hybridized carbons (Fsp3) is 0.385. The van der Waals surface area contributed by atoms with Crippen molar-refractivity contribution in [2.75, 3.05) is 6.79 Å². The highest BCUT2D eigenvalue weighted by molar-refractivity contribution is 5.84. The van der Waals surface area contributed by atoms with E-state index in [4.69, 9.17) is 18.6 Å². The van der Waals surface area contributed by atoms with Gasteiger partial charge in [-0.05, 0) is 49.3 Å². The number of carbonyl (C=O) groups excluding carboxylic acids is 1. The molecule has 3 atom stereocenters. The van der Waals surface area contributed by atoms with Crippen LogP contribution in [-0.4, -0.2) is 24.0 Å². The summed E-state index contributed by atoms with van der Waals surface area (Å²) < 4.78 is 21.6. The monoisotopic (exact) mass is 450 g/mol. The van der Waals surface area contributed by atoms with Crippen LogP contribution in [0.25, 0.3) is 11.0 Å². The zero-order valence-corrected chi connectivity index (χ0v) is 18.4. The van der Waals surface area contributed by atoms with Gasteiger partial charge in [0.1, 0.15) is 12.2 Å². The Morgan fingerprint density at radius 2 is 1.88 bits per heavy atom. The van der Waals surface area contributed by atoms with E-state index in [0.717, 1.165) is 36.8 Å². The highest BCUT2D eigenvalue weighted by atomic mass is 16.7. The molecule has 1 unspecified atom stereocenters. The number of carbonyl (C=O) groups is 1. The Hall–Kier alpha value is -3.32. The first-order chi connectivity index (χ1) is 16.0. The molecule has 2 aromatic carbocycles. The van der Waals surface area contributed by atoms with Crippen molar-refractivity contribution in [2.24, 2.45) is 5.92 Å². The lowest BCUT2D eigenvalue weighted by atomic mass is 9.93. The van der Waals surface area contributed by atoms with Crippen LogP contribution in [-0.2, 0) is 22.6 Å². The number of ether oxygens (including phenoxy) is 3. The number of hydrogen-bond donors (Lipinski definition) is 1. The van der Waals surface area contributed by atoms with E-state index in [9.17, 15) is 14.7 Å². The molecule has 3 aromatic rings. The molecule has 1 aliphatic heterocycles. The van der Waals surface area contributed by atoms with Crippen molar-refractivity contribution in [2.45, 2.75) is 51.2 Å². The lowest BCUT2D eigenvalue weighted by Crippen LogP contribution is -2.16. The molecule has 2 aliphatic rings. The number of aliphatic hydroxyl groups excluding tert-OH is 1. The second-order valence-electron chi connectivity index (χ2n) is 8.83. The van der Waals surface area contributed by atoms with Crippen LogP contribution in [0.3, 0.4) is 0 Å². The van der Waals surface area contributed by atoms with E-state index in [1.54, 1.807) is 19.1 Å². The number of rotatable bonds is 6. The Morgan fingerprint density at radius 3 is 2.61 bits per heavy atom. The first-order valence-corrected chi connectivity index (χ1v) is 11.3. The third-order valence-electron chi connectivity index (χ3n) is 6.64. The summed E-state index contributed by atoms with van der Waals surface area (Å²) in [7, 11) is 0. The smallest absolute Gasteiger partial charge is 0.336 e. The molecular formula is C26H26O7. The van der Waals surface area contributed by atoms with Gasteiger partial charge in [0, 0.05) is 23.1 Å². The summed E-state index contributed by atoms with van der Waals surface area (Å²) in [5.74, 6) is 0.552. The molecule has 172 valence electrons. The molecule has 1 aromatic heterocycles. The van der Waals surface area contributed by atoms with Crippen molar-refractivity contribution in [1.29, 1.82) is 0 Å². The molecule has 0 radical (unpaired) electrons. The van der Waals surface area contributed by atoms with Gasteiger partial charge in [-0.15, -0.1) is 0 Å². The molecule has 2 heterocycles. The van der Waals surface area contributed by atoms with Crippen LogP contribution < -0.4 is 15.1 Å². The van der Waals surface area contributed by atoms with Crippen LogP contribution in [0.2, 0.25) is 0 Å². The second kappa shape index (κ2) is 8.90. The van der Waals surface area contributed by atoms with Crippen LogP contribution in [0.1, 0.15) is 48.8 Å². The summed E-state index contributed by atoms with van der Waals surface area (Å²) in [4.78, 5) is 24.7. The molecular weight excluding hydrogens is 424 g/mol. The highest BCUT2D eigenvalue weighted by Crippen LogP contribution is 2.37. The van der Waals surface area contributed by atoms with Crippen molar-refractivity contribution < 1.29 is 28.5 Å². The van der Waals surface area contributed by atoms with E-state index in [0.29, 0.717) is 33.9 Å². The number of hydrogen-bond acceptors (Lipinski definition) is 7. The summed E-state index contributed by atoms with van der Waals surface area (Å²) in [5, 5.41) is 10.7. The molecule has 7 heteroatoms. The minimum Gasteiger partial charge on any atom is -0.460 e. The van der Waals surface area contributed by atoms with E-state index in [-0.39, 0.29) is 25.5 Å². The zero-order valence-electron chi connectivity index (χ0n) is 18.4. The Kier molecular flexibility index (Phi) is 5.81. The molecule has 0 bridgehead atoms. The lowest BCUT2D eigenvalue weighted by Gasteiger charge is -2.16. The molecule has 1 saturated carbocycles. The van der Waals surface area contributed by atoms with E-state index < -0.39 is 11.5 Å². The first-order valence-electron chi connectivity index (χ1n) is 11.3. The Labute approximate surface area is 190 Å². The van der Waals surface area contributed by atoms with E-state index in [1.807, 2.05) is 24.3 Å². The van der Waals surface area contributed by atoms with E-state index >= 15 is 0 Å². The Morgan fingerprint density at radius 1 is 1.12 bits per heavy atom. The van der Waals surface area contributed by atoms with Gasteiger partial charge < -0.3 is 23.7 Å². The zero-order chi connectivity index (χ0) is 22.9. The van der Waals surface area contributed by atoms with Crippen molar-refractivity contribution in [3.63, 3.8) is 0 Å². The molecule has 1 N–H and O–H groups in total. The van der Waals surface area contributed by atoms with Crippen molar-refractivity contribution in [3.8, 4) is 11.5 Å². The maximum atomic E-state index is 12.7. The Bertz CT molecular complexity index is 1230. The van der Waals surface area contributed by atoms with Gasteiger partial charge in [0.05, 0.1) is 12.0 Å². The predicted molar refractivity (Wildman–Crippen MR) is 120 cm³/mol. The van der Waals surface area contributed by atoms with Crippen molar-refractivity contribution >= 4 is 16.9 Å². The van der Waals surface area contributed by atoms with Crippen molar-refractivity contribution in [3.05, 3.63) is 69.6 Å². The average Bonchev–Trinajstić information content (AvgIpc) is 3.44. The lowest BCUT2D eigenvalue weighted by molar-refractivity contribution is -0.146. The van der Waals surface area contributed by atoms with Crippen molar-refractivity contribution in [1.82, 2.24) is 0 Å². The van der Waals surface area contributed by atoms with Crippen LogP contribution in [0.5, 0.6) is 11.5 Å². The minimum absolute atomic E-state index is 0.0530. The van der Waals surface area contributed by atoms with Crippen LogP contribution in [0.4, 0.5) is 0 Å². The number of aliphatic hydroxyl groups is 1. The third kappa shape index (κ3) is 4.46.